The maximum atomic E-state index is 12.3. The van der Waals surface area contributed by atoms with E-state index < -0.39 is 0 Å². The van der Waals surface area contributed by atoms with Gasteiger partial charge in [-0.15, -0.1) is 0 Å². The number of hydrogen-bond acceptors (Lipinski definition) is 4. The minimum atomic E-state index is -0.117. The first-order valence-electron chi connectivity index (χ1n) is 9.46. The summed E-state index contributed by atoms with van der Waals surface area (Å²) in [5.41, 5.74) is 2.64. The minimum absolute atomic E-state index is 0.117. The van der Waals surface area contributed by atoms with Gasteiger partial charge in [-0.05, 0) is 54.7 Å². The fourth-order valence-electron chi connectivity index (χ4n) is 2.91. The summed E-state index contributed by atoms with van der Waals surface area (Å²) in [6, 6.07) is 13.0. The van der Waals surface area contributed by atoms with Crippen molar-refractivity contribution in [2.24, 2.45) is 5.92 Å². The summed E-state index contributed by atoms with van der Waals surface area (Å²) in [5, 5.41) is 5.85. The highest BCUT2D eigenvalue weighted by atomic mass is 16.5. The summed E-state index contributed by atoms with van der Waals surface area (Å²) in [7, 11) is 3.20. The number of hydrogen-bond donors (Lipinski definition) is 2. The molecule has 0 radical (unpaired) electrons. The molecule has 0 aliphatic heterocycles. The molecule has 148 valence electrons. The Morgan fingerprint density at radius 2 is 1.61 bits per heavy atom. The molecule has 1 aliphatic rings. The third-order valence-corrected chi connectivity index (χ3v) is 4.78. The molecule has 1 aliphatic carbocycles. The van der Waals surface area contributed by atoms with E-state index in [4.69, 9.17) is 9.47 Å². The van der Waals surface area contributed by atoms with Crippen LogP contribution < -0.4 is 20.1 Å². The Hall–Kier alpha value is -3.02. The lowest BCUT2D eigenvalue weighted by atomic mass is 10.1. The van der Waals surface area contributed by atoms with Crippen LogP contribution in [0.5, 0.6) is 11.5 Å². The molecule has 1 fully saturated rings. The Balaban J connectivity index is 1.46. The molecule has 28 heavy (non-hydrogen) atoms. The highest BCUT2D eigenvalue weighted by Gasteiger charge is 2.29. The van der Waals surface area contributed by atoms with Crippen molar-refractivity contribution in [1.29, 1.82) is 0 Å². The number of amides is 2. The fraction of sp³-hybridized carbons (Fsp3) is 0.364. The molecule has 0 saturated heterocycles. The van der Waals surface area contributed by atoms with Crippen LogP contribution in [0.4, 0.5) is 0 Å². The van der Waals surface area contributed by atoms with Gasteiger partial charge in [-0.3, -0.25) is 9.59 Å². The summed E-state index contributed by atoms with van der Waals surface area (Å²) in [4.78, 5) is 24.0. The van der Waals surface area contributed by atoms with Gasteiger partial charge in [0, 0.05) is 24.6 Å². The second-order valence-electron chi connectivity index (χ2n) is 6.88. The molecule has 0 atom stereocenters. The van der Waals surface area contributed by atoms with E-state index in [2.05, 4.69) is 10.6 Å². The molecule has 0 heterocycles. The van der Waals surface area contributed by atoms with E-state index in [0.717, 1.165) is 24.0 Å². The largest absolute Gasteiger partial charge is 0.493 e. The van der Waals surface area contributed by atoms with Gasteiger partial charge in [0.05, 0.1) is 14.2 Å². The molecule has 2 aromatic rings. The standard InChI is InChI=1S/C22H26N2O4/c1-27-19-10-5-15(13-20(19)28-2)11-12-23-21(25)17-6-3-16(4-7-17)14-24-22(26)18-8-9-18/h3-7,10,13,18H,8-9,11-12,14H2,1-2H3,(H,23,25)(H,24,26). The number of ether oxygens (including phenoxy) is 2. The van der Waals surface area contributed by atoms with Crippen molar-refractivity contribution >= 4 is 11.8 Å². The van der Waals surface area contributed by atoms with Crippen molar-refractivity contribution < 1.29 is 19.1 Å². The van der Waals surface area contributed by atoms with E-state index in [1.807, 2.05) is 30.3 Å². The van der Waals surface area contributed by atoms with Crippen molar-refractivity contribution in [1.82, 2.24) is 10.6 Å². The quantitative estimate of drug-likeness (QED) is 0.699. The predicted octanol–water partition coefficient (Wildman–Crippen LogP) is 2.70. The molecule has 6 nitrogen and oxygen atoms in total. The normalized spacial score (nSPS) is 12.9. The van der Waals surface area contributed by atoms with Gasteiger partial charge >= 0.3 is 0 Å². The van der Waals surface area contributed by atoms with Crippen LogP contribution in [0.1, 0.15) is 34.3 Å². The molecule has 2 aromatic carbocycles. The zero-order valence-corrected chi connectivity index (χ0v) is 16.3. The number of carbonyl (C=O) groups excluding carboxylic acids is 2. The van der Waals surface area contributed by atoms with E-state index in [0.29, 0.717) is 36.6 Å². The van der Waals surface area contributed by atoms with Gasteiger partial charge in [0.25, 0.3) is 5.91 Å². The van der Waals surface area contributed by atoms with Crippen molar-refractivity contribution in [3.8, 4) is 11.5 Å². The first-order chi connectivity index (χ1) is 13.6. The monoisotopic (exact) mass is 382 g/mol. The van der Waals surface area contributed by atoms with Gasteiger partial charge in [0.2, 0.25) is 5.91 Å². The summed E-state index contributed by atoms with van der Waals surface area (Å²) in [6.45, 7) is 1.02. The molecular weight excluding hydrogens is 356 g/mol. The Labute approximate surface area is 165 Å². The highest BCUT2D eigenvalue weighted by Crippen LogP contribution is 2.29. The fourth-order valence-corrected chi connectivity index (χ4v) is 2.91. The zero-order chi connectivity index (χ0) is 19.9. The molecule has 0 bridgehead atoms. The van der Waals surface area contributed by atoms with Gasteiger partial charge < -0.3 is 20.1 Å². The number of nitrogens with one attached hydrogen (secondary N) is 2. The lowest BCUT2D eigenvalue weighted by molar-refractivity contribution is -0.122. The molecule has 2 amide bonds. The average Bonchev–Trinajstić information content (AvgIpc) is 3.57. The van der Waals surface area contributed by atoms with Crippen LogP contribution in [0.2, 0.25) is 0 Å². The number of methoxy groups -OCH3 is 2. The van der Waals surface area contributed by atoms with Crippen molar-refractivity contribution in [2.75, 3.05) is 20.8 Å². The lowest BCUT2D eigenvalue weighted by Gasteiger charge is -2.10. The van der Waals surface area contributed by atoms with Gasteiger partial charge in [-0.2, -0.15) is 0 Å². The van der Waals surface area contributed by atoms with Gasteiger partial charge in [0.15, 0.2) is 11.5 Å². The van der Waals surface area contributed by atoms with Crippen LogP contribution in [-0.2, 0) is 17.8 Å². The molecule has 6 heteroatoms. The van der Waals surface area contributed by atoms with E-state index >= 15 is 0 Å². The van der Waals surface area contributed by atoms with Crippen LogP contribution in [0.3, 0.4) is 0 Å². The first kappa shape index (κ1) is 19.7. The lowest BCUT2D eigenvalue weighted by Crippen LogP contribution is -2.26. The smallest absolute Gasteiger partial charge is 0.251 e. The molecule has 3 rings (SSSR count). The minimum Gasteiger partial charge on any atom is -0.493 e. The van der Waals surface area contributed by atoms with Gasteiger partial charge in [-0.25, -0.2) is 0 Å². The number of benzene rings is 2. The van der Waals surface area contributed by atoms with Gasteiger partial charge in [-0.1, -0.05) is 18.2 Å². The second kappa shape index (κ2) is 9.26. The van der Waals surface area contributed by atoms with Crippen LogP contribution in [0, 0.1) is 5.92 Å². The van der Waals surface area contributed by atoms with Crippen LogP contribution >= 0.6 is 0 Å². The SMILES string of the molecule is COc1ccc(CCNC(=O)c2ccc(CNC(=O)C3CC3)cc2)cc1OC. The van der Waals surface area contributed by atoms with E-state index in [1.54, 1.807) is 26.4 Å². The number of rotatable bonds is 9. The molecule has 0 aromatic heterocycles. The Morgan fingerprint density at radius 1 is 0.929 bits per heavy atom. The third kappa shape index (κ3) is 5.25. The summed E-state index contributed by atoms with van der Waals surface area (Å²) >= 11 is 0. The highest BCUT2D eigenvalue weighted by molar-refractivity contribution is 5.94. The van der Waals surface area contributed by atoms with E-state index in [1.165, 1.54) is 0 Å². The second-order valence-corrected chi connectivity index (χ2v) is 6.88. The van der Waals surface area contributed by atoms with Crippen molar-refractivity contribution in [3.05, 3.63) is 59.2 Å². The maximum Gasteiger partial charge on any atom is 0.251 e. The van der Waals surface area contributed by atoms with Crippen LogP contribution in [-0.4, -0.2) is 32.6 Å². The summed E-state index contributed by atoms with van der Waals surface area (Å²) in [6.07, 6.45) is 2.68. The Bertz CT molecular complexity index is 829. The van der Waals surface area contributed by atoms with E-state index in [-0.39, 0.29) is 17.7 Å². The average molecular weight is 382 g/mol. The molecule has 1 saturated carbocycles. The summed E-state index contributed by atoms with van der Waals surface area (Å²) < 4.78 is 10.5. The Morgan fingerprint density at radius 3 is 2.25 bits per heavy atom. The van der Waals surface area contributed by atoms with Crippen LogP contribution in [0.15, 0.2) is 42.5 Å². The zero-order valence-electron chi connectivity index (χ0n) is 16.3. The third-order valence-electron chi connectivity index (χ3n) is 4.78. The first-order valence-corrected chi connectivity index (χ1v) is 9.46. The molecular formula is C22H26N2O4. The van der Waals surface area contributed by atoms with E-state index in [9.17, 15) is 9.59 Å². The number of carbonyl (C=O) groups is 2. The van der Waals surface area contributed by atoms with Crippen LogP contribution in [0.25, 0.3) is 0 Å². The molecule has 2 N–H and O–H groups in total. The predicted molar refractivity (Wildman–Crippen MR) is 107 cm³/mol. The maximum absolute atomic E-state index is 12.3. The summed E-state index contributed by atoms with van der Waals surface area (Å²) in [5.74, 6) is 1.57. The van der Waals surface area contributed by atoms with Crippen molar-refractivity contribution in [3.63, 3.8) is 0 Å². The van der Waals surface area contributed by atoms with Gasteiger partial charge in [0.1, 0.15) is 0 Å². The van der Waals surface area contributed by atoms with Crippen molar-refractivity contribution in [2.45, 2.75) is 25.8 Å². The Kier molecular flexibility index (Phi) is 6.53. The molecule has 0 spiro atoms. The molecule has 0 unspecified atom stereocenters. The topological polar surface area (TPSA) is 76.7 Å².